The molecule has 0 saturated heterocycles. The number of aliphatic hydroxyl groups is 1. The Bertz CT molecular complexity index is 598. The number of halogens is 3. The van der Waals surface area contributed by atoms with Gasteiger partial charge in [-0.05, 0) is 30.3 Å². The molecule has 0 fully saturated rings. The van der Waals surface area contributed by atoms with Crippen molar-refractivity contribution in [1.82, 2.24) is 10.2 Å². The Morgan fingerprint density at radius 2 is 1.90 bits per heavy atom. The van der Waals surface area contributed by atoms with E-state index in [1.165, 1.54) is 13.2 Å². The second-order valence-corrected chi connectivity index (χ2v) is 3.98. The van der Waals surface area contributed by atoms with Crippen LogP contribution in [-0.2, 0) is 12.8 Å². The molecule has 106 valence electrons. The Labute approximate surface area is 112 Å². The molecule has 0 saturated carbocycles. The number of hydrogen-bond donors (Lipinski definition) is 1. The van der Waals surface area contributed by atoms with Gasteiger partial charge in [-0.15, -0.1) is 0 Å². The van der Waals surface area contributed by atoms with Crippen LogP contribution >= 0.6 is 0 Å². The number of nitrogens with zero attached hydrogens (tertiary/aromatic N) is 2. The van der Waals surface area contributed by atoms with Crippen LogP contribution in [0.4, 0.5) is 13.2 Å². The molecular weight excluding hydrogens is 273 g/mol. The van der Waals surface area contributed by atoms with E-state index in [0.29, 0.717) is 17.0 Å². The van der Waals surface area contributed by atoms with E-state index in [2.05, 4.69) is 10.2 Å². The maximum absolute atomic E-state index is 12.6. The van der Waals surface area contributed by atoms with E-state index in [1.807, 2.05) is 0 Å². The molecule has 0 radical (unpaired) electrons. The maximum Gasteiger partial charge on any atom is 0.416 e. The van der Waals surface area contributed by atoms with Crippen molar-refractivity contribution in [2.24, 2.45) is 0 Å². The average molecular weight is 284 g/mol. The summed E-state index contributed by atoms with van der Waals surface area (Å²) in [6.45, 7) is -0.253. The van der Waals surface area contributed by atoms with Gasteiger partial charge in [-0.3, -0.25) is 0 Å². The molecule has 0 aliphatic rings. The van der Waals surface area contributed by atoms with Crippen LogP contribution in [0, 0.1) is 0 Å². The van der Waals surface area contributed by atoms with E-state index in [1.54, 1.807) is 12.1 Å². The quantitative estimate of drug-likeness (QED) is 0.941. The Morgan fingerprint density at radius 1 is 1.15 bits per heavy atom. The number of methoxy groups -OCH3 is 1. The number of ether oxygens (including phenoxy) is 1. The lowest BCUT2D eigenvalue weighted by atomic mass is 10.1. The van der Waals surface area contributed by atoms with Crippen LogP contribution in [-0.4, -0.2) is 22.4 Å². The second kappa shape index (κ2) is 5.46. The Balaban J connectivity index is 2.45. The van der Waals surface area contributed by atoms with Gasteiger partial charge in [-0.25, -0.2) is 0 Å². The first-order valence-electron chi connectivity index (χ1n) is 5.65. The molecular formula is C13H11F3N2O2. The fraction of sp³-hybridized carbons (Fsp3) is 0.231. The fourth-order valence-electron chi connectivity index (χ4n) is 1.67. The second-order valence-electron chi connectivity index (χ2n) is 3.98. The Morgan fingerprint density at radius 3 is 2.40 bits per heavy atom. The van der Waals surface area contributed by atoms with Gasteiger partial charge in [-0.2, -0.15) is 23.4 Å². The minimum absolute atomic E-state index is 0.0610. The number of benzene rings is 1. The van der Waals surface area contributed by atoms with Crippen molar-refractivity contribution in [3.63, 3.8) is 0 Å². The van der Waals surface area contributed by atoms with Gasteiger partial charge in [0, 0.05) is 5.56 Å². The van der Waals surface area contributed by atoms with Gasteiger partial charge in [0.15, 0.2) is 0 Å². The first kappa shape index (κ1) is 14.3. The molecule has 1 heterocycles. The summed E-state index contributed by atoms with van der Waals surface area (Å²) in [7, 11) is 1.29. The van der Waals surface area contributed by atoms with Crippen LogP contribution in [0.25, 0.3) is 11.3 Å². The molecule has 0 spiro atoms. The standard InChI is InChI=1S/C13H11F3N2O2/c1-20-12-6-8(13(14,15)16)2-4-10(12)11-5-3-9(7-19)17-18-11/h2-6,19H,7H2,1H3. The first-order chi connectivity index (χ1) is 9.45. The van der Waals surface area contributed by atoms with Gasteiger partial charge in [0.2, 0.25) is 0 Å². The predicted octanol–water partition coefficient (Wildman–Crippen LogP) is 2.66. The van der Waals surface area contributed by atoms with Crippen molar-refractivity contribution in [1.29, 1.82) is 0 Å². The zero-order chi connectivity index (χ0) is 14.8. The monoisotopic (exact) mass is 284 g/mol. The zero-order valence-corrected chi connectivity index (χ0v) is 10.5. The summed E-state index contributed by atoms with van der Waals surface area (Å²) in [5.41, 5.74) is 0.350. The third-order valence-corrected chi connectivity index (χ3v) is 2.69. The first-order valence-corrected chi connectivity index (χ1v) is 5.65. The van der Waals surface area contributed by atoms with E-state index >= 15 is 0 Å². The topological polar surface area (TPSA) is 55.2 Å². The van der Waals surface area contributed by atoms with Crippen molar-refractivity contribution < 1.29 is 23.0 Å². The van der Waals surface area contributed by atoms with Crippen molar-refractivity contribution in [3.05, 3.63) is 41.6 Å². The highest BCUT2D eigenvalue weighted by Gasteiger charge is 2.31. The highest BCUT2D eigenvalue weighted by atomic mass is 19.4. The number of hydrogen-bond acceptors (Lipinski definition) is 4. The summed E-state index contributed by atoms with van der Waals surface area (Å²) in [6.07, 6.45) is -4.43. The molecule has 0 unspecified atom stereocenters. The molecule has 0 amide bonds. The molecule has 7 heteroatoms. The number of alkyl halides is 3. The summed E-state index contributed by atoms with van der Waals surface area (Å²) in [6, 6.07) is 6.25. The highest BCUT2D eigenvalue weighted by molar-refractivity contribution is 5.67. The summed E-state index contributed by atoms with van der Waals surface area (Å²) in [4.78, 5) is 0. The summed E-state index contributed by atoms with van der Waals surface area (Å²) >= 11 is 0. The third-order valence-electron chi connectivity index (χ3n) is 2.69. The lowest BCUT2D eigenvalue weighted by Gasteiger charge is -2.12. The predicted molar refractivity (Wildman–Crippen MR) is 64.9 cm³/mol. The van der Waals surface area contributed by atoms with E-state index < -0.39 is 11.7 Å². The van der Waals surface area contributed by atoms with Gasteiger partial charge in [-0.1, -0.05) is 0 Å². The Kier molecular flexibility index (Phi) is 3.89. The number of rotatable bonds is 3. The highest BCUT2D eigenvalue weighted by Crippen LogP contribution is 2.36. The van der Waals surface area contributed by atoms with Crippen LogP contribution < -0.4 is 4.74 Å². The smallest absolute Gasteiger partial charge is 0.416 e. The average Bonchev–Trinajstić information content (AvgIpc) is 2.45. The Hall–Kier alpha value is -2.15. The van der Waals surface area contributed by atoms with Gasteiger partial charge < -0.3 is 9.84 Å². The SMILES string of the molecule is COc1cc(C(F)(F)F)ccc1-c1ccc(CO)nn1. The normalized spacial score (nSPS) is 11.4. The van der Waals surface area contributed by atoms with E-state index in [9.17, 15) is 13.2 Å². The molecule has 0 aliphatic heterocycles. The van der Waals surface area contributed by atoms with E-state index in [4.69, 9.17) is 9.84 Å². The maximum atomic E-state index is 12.6. The lowest BCUT2D eigenvalue weighted by molar-refractivity contribution is -0.137. The van der Waals surface area contributed by atoms with Crippen molar-refractivity contribution in [2.75, 3.05) is 7.11 Å². The van der Waals surface area contributed by atoms with Crippen LogP contribution in [0.15, 0.2) is 30.3 Å². The van der Waals surface area contributed by atoms with Crippen LogP contribution in [0.1, 0.15) is 11.3 Å². The molecule has 1 aromatic heterocycles. The van der Waals surface area contributed by atoms with Gasteiger partial charge in [0.25, 0.3) is 0 Å². The molecule has 0 bridgehead atoms. The molecule has 0 atom stereocenters. The molecule has 0 aliphatic carbocycles. The molecule has 2 rings (SSSR count). The number of aliphatic hydroxyl groups excluding tert-OH is 1. The van der Waals surface area contributed by atoms with E-state index in [-0.39, 0.29) is 12.4 Å². The minimum Gasteiger partial charge on any atom is -0.496 e. The van der Waals surface area contributed by atoms with Crippen LogP contribution in [0.2, 0.25) is 0 Å². The third kappa shape index (κ3) is 2.88. The van der Waals surface area contributed by atoms with Gasteiger partial charge in [0.05, 0.1) is 30.7 Å². The minimum atomic E-state index is -4.43. The summed E-state index contributed by atoms with van der Waals surface area (Å²) < 4.78 is 42.9. The lowest BCUT2D eigenvalue weighted by Crippen LogP contribution is -2.05. The van der Waals surface area contributed by atoms with Crippen LogP contribution in [0.5, 0.6) is 5.75 Å². The molecule has 4 nitrogen and oxygen atoms in total. The van der Waals surface area contributed by atoms with Gasteiger partial charge >= 0.3 is 6.18 Å². The van der Waals surface area contributed by atoms with Gasteiger partial charge in [0.1, 0.15) is 5.75 Å². The zero-order valence-electron chi connectivity index (χ0n) is 10.5. The van der Waals surface area contributed by atoms with E-state index in [0.717, 1.165) is 12.1 Å². The van der Waals surface area contributed by atoms with Crippen molar-refractivity contribution in [2.45, 2.75) is 12.8 Å². The molecule has 20 heavy (non-hydrogen) atoms. The molecule has 1 N–H and O–H groups in total. The molecule has 2 aromatic rings. The largest absolute Gasteiger partial charge is 0.496 e. The number of aromatic nitrogens is 2. The summed E-state index contributed by atoms with van der Waals surface area (Å²) in [5.74, 6) is 0.0610. The molecule has 1 aromatic carbocycles. The summed E-state index contributed by atoms with van der Waals surface area (Å²) in [5, 5.41) is 16.5. The van der Waals surface area contributed by atoms with Crippen molar-refractivity contribution in [3.8, 4) is 17.0 Å². The van der Waals surface area contributed by atoms with Crippen molar-refractivity contribution >= 4 is 0 Å². The van der Waals surface area contributed by atoms with Crippen LogP contribution in [0.3, 0.4) is 0 Å². The fourth-order valence-corrected chi connectivity index (χ4v) is 1.67.